The van der Waals surface area contributed by atoms with Crippen LogP contribution in [0.15, 0.2) is 36.4 Å². The molecule has 0 aliphatic carbocycles. The number of benzene rings is 2. The minimum atomic E-state index is -0.925. The monoisotopic (exact) mass is 1090 g/mol. The summed E-state index contributed by atoms with van der Waals surface area (Å²) in [6, 6.07) is 11.2. The van der Waals surface area contributed by atoms with Crippen LogP contribution in [-0.2, 0) is 0 Å². The van der Waals surface area contributed by atoms with Crippen LogP contribution >= 0.6 is 0 Å². The normalized spacial score (nSPS) is 11.5. The van der Waals surface area contributed by atoms with E-state index in [0.717, 1.165) is 36.5 Å². The van der Waals surface area contributed by atoms with Crippen molar-refractivity contribution < 1.29 is 19.1 Å². The van der Waals surface area contributed by atoms with Crippen molar-refractivity contribution >= 4 is 23.0 Å². The van der Waals surface area contributed by atoms with Gasteiger partial charge >= 0.3 is 12.2 Å². The van der Waals surface area contributed by atoms with Gasteiger partial charge in [-0.1, -0.05) is 391 Å². The summed E-state index contributed by atoms with van der Waals surface area (Å²) in [5.74, 6) is 0.429. The lowest BCUT2D eigenvalue weighted by molar-refractivity contribution is 0.148. The van der Waals surface area contributed by atoms with Crippen LogP contribution in [0.5, 0.6) is 11.5 Å². The Morgan fingerprint density at radius 3 is 0.821 bits per heavy atom. The van der Waals surface area contributed by atoms with Crippen LogP contribution < -0.4 is 15.2 Å². The summed E-state index contributed by atoms with van der Waals surface area (Å²) in [5.41, 5.74) is 5.42. The number of hydrogen-bond donors (Lipinski definition) is 1. The van der Waals surface area contributed by atoms with Crippen LogP contribution in [0.3, 0.4) is 0 Å². The van der Waals surface area contributed by atoms with Gasteiger partial charge in [-0.3, -0.25) is 0 Å². The van der Waals surface area contributed by atoms with E-state index >= 15 is 0 Å². The van der Waals surface area contributed by atoms with E-state index in [1.165, 1.54) is 334 Å². The number of fused-ring (bicyclic) bond motifs is 1. The molecule has 0 aromatic heterocycles. The van der Waals surface area contributed by atoms with E-state index in [0.29, 0.717) is 13.1 Å². The van der Waals surface area contributed by atoms with Gasteiger partial charge in [0.2, 0.25) is 0 Å². The Morgan fingerprint density at radius 2 is 0.564 bits per heavy atom. The van der Waals surface area contributed by atoms with Crippen LogP contribution in [0.4, 0.5) is 9.59 Å². The molecule has 0 spiro atoms. The van der Waals surface area contributed by atoms with E-state index in [4.69, 9.17) is 15.2 Å². The number of amides is 2. The molecule has 0 aliphatic heterocycles. The Balaban J connectivity index is 1.50. The summed E-state index contributed by atoms with van der Waals surface area (Å²) in [6.45, 7) is 5.96. The predicted octanol–water partition coefficient (Wildman–Crippen LogP) is 25.0. The summed E-state index contributed by atoms with van der Waals surface area (Å²) in [4.78, 5) is 27.6. The van der Waals surface area contributed by atoms with Crippen molar-refractivity contribution in [2.45, 2.75) is 373 Å². The third-order valence-corrected chi connectivity index (χ3v) is 17.1. The van der Waals surface area contributed by atoms with Gasteiger partial charge in [-0.15, -0.1) is 0 Å². The highest BCUT2D eigenvalue weighted by Crippen LogP contribution is 2.36. The lowest BCUT2D eigenvalue weighted by Crippen LogP contribution is -2.35. The van der Waals surface area contributed by atoms with Crippen molar-refractivity contribution in [3.8, 4) is 11.5 Å². The fraction of sp³-hybridized carbons (Fsp3) is 0.833. The first-order chi connectivity index (χ1) is 38.6. The second kappa shape index (κ2) is 56.1. The van der Waals surface area contributed by atoms with E-state index in [2.05, 4.69) is 13.8 Å². The van der Waals surface area contributed by atoms with E-state index in [-0.39, 0.29) is 17.6 Å². The zero-order valence-electron chi connectivity index (χ0n) is 52.1. The molecular formula is C72H130N2O4. The lowest BCUT2D eigenvalue weighted by atomic mass is 10.0. The average Bonchev–Trinajstić information content (AvgIpc) is 3.47. The maximum absolute atomic E-state index is 13.9. The number of unbranched alkanes of at least 4 members (excludes halogenated alkanes) is 54. The average molecular weight is 1090 g/mol. The number of ether oxygens (including phenoxy) is 2. The van der Waals surface area contributed by atoms with Gasteiger partial charge in [0.25, 0.3) is 0 Å². The summed E-state index contributed by atoms with van der Waals surface area (Å²) < 4.78 is 11.4. The summed E-state index contributed by atoms with van der Waals surface area (Å²) in [5, 5.41) is 1.63. The van der Waals surface area contributed by atoms with Crippen LogP contribution in [0.1, 0.15) is 373 Å². The number of carbonyl (C=O) groups is 2. The van der Waals surface area contributed by atoms with Crippen LogP contribution in [0, 0.1) is 0 Å². The van der Waals surface area contributed by atoms with Gasteiger partial charge < -0.3 is 20.1 Å². The van der Waals surface area contributed by atoms with E-state index in [9.17, 15) is 9.59 Å². The minimum Gasteiger partial charge on any atom is -0.406 e. The fourth-order valence-electron chi connectivity index (χ4n) is 11.9. The zero-order valence-corrected chi connectivity index (χ0v) is 52.1. The van der Waals surface area contributed by atoms with Crippen LogP contribution in [0.25, 0.3) is 10.8 Å². The molecular weight excluding hydrogens is 957 g/mol. The zero-order chi connectivity index (χ0) is 55.7. The molecule has 0 saturated heterocycles. The van der Waals surface area contributed by atoms with Gasteiger partial charge in [-0.05, 0) is 24.3 Å². The van der Waals surface area contributed by atoms with Crippen LogP contribution in [-0.4, -0.2) is 30.2 Å². The molecule has 0 aliphatic rings. The molecule has 2 amide bonds. The fourth-order valence-corrected chi connectivity index (χ4v) is 11.9. The topological polar surface area (TPSA) is 81.9 Å². The molecule has 452 valence electrons. The van der Waals surface area contributed by atoms with E-state index in [1.807, 2.05) is 35.2 Å². The summed E-state index contributed by atoms with van der Waals surface area (Å²) in [6.07, 6.45) is 76.3. The van der Waals surface area contributed by atoms with Crippen LogP contribution in [0.2, 0.25) is 0 Å². The number of carbonyl (C=O) groups excluding carboxylic acids is 2. The second-order valence-electron chi connectivity index (χ2n) is 24.5. The Morgan fingerprint density at radius 1 is 0.321 bits per heavy atom. The number of nitrogens with zero attached hydrogens (tertiary/aromatic N) is 1. The van der Waals surface area contributed by atoms with Gasteiger partial charge in [0, 0.05) is 18.5 Å². The molecule has 6 nitrogen and oxygen atoms in total. The molecule has 2 rings (SSSR count). The number of rotatable bonds is 60. The highest BCUT2D eigenvalue weighted by Gasteiger charge is 2.21. The Hall–Kier alpha value is -2.76. The van der Waals surface area contributed by atoms with Crippen molar-refractivity contribution in [2.75, 3.05) is 13.1 Å². The first-order valence-electron chi connectivity index (χ1n) is 35.0. The maximum Gasteiger partial charge on any atom is 0.415 e. The SMILES string of the molecule is CCCCCCCCCCCCCCCCCCCCCCCCCCCCCCN(CCCCCCCCCCCCCCCCCCCCCCCCCCCCCC)C(=O)Oc1c(OC(N)=O)ccc2ccccc12. The third-order valence-electron chi connectivity index (χ3n) is 17.1. The molecule has 6 heteroatoms. The van der Waals surface area contributed by atoms with Crippen molar-refractivity contribution in [1.82, 2.24) is 4.90 Å². The van der Waals surface area contributed by atoms with Gasteiger partial charge in [-0.25, -0.2) is 9.59 Å². The molecule has 0 bridgehead atoms. The molecule has 0 unspecified atom stereocenters. The predicted molar refractivity (Wildman–Crippen MR) is 342 cm³/mol. The smallest absolute Gasteiger partial charge is 0.406 e. The molecule has 0 fully saturated rings. The molecule has 2 N–H and O–H groups in total. The van der Waals surface area contributed by atoms with Crippen molar-refractivity contribution in [3.05, 3.63) is 36.4 Å². The largest absolute Gasteiger partial charge is 0.415 e. The second-order valence-corrected chi connectivity index (χ2v) is 24.5. The number of nitrogens with two attached hydrogens (primary N) is 1. The van der Waals surface area contributed by atoms with E-state index < -0.39 is 6.09 Å². The lowest BCUT2D eigenvalue weighted by Gasteiger charge is -2.23. The van der Waals surface area contributed by atoms with Gasteiger partial charge in [-0.2, -0.15) is 0 Å². The van der Waals surface area contributed by atoms with Crippen molar-refractivity contribution in [3.63, 3.8) is 0 Å². The Labute approximate surface area is 484 Å². The number of primary amides is 1. The standard InChI is InChI=1S/C72H130N2O4/c1-3-5-7-9-11-13-15-17-19-21-23-25-27-29-31-33-35-37-39-41-43-45-47-49-51-53-55-59-65-74(72(76)78-70-68-62-58-57-61-67(68)63-64-69(70)77-71(73)75)66-60-56-54-52-50-48-46-44-42-40-38-36-34-32-30-28-26-24-22-20-18-16-14-12-10-8-6-4-2/h57-58,61-64H,3-56,59-60,65-66H2,1-2H3,(H2,73,75). The highest BCUT2D eigenvalue weighted by atomic mass is 16.6. The Bertz CT molecular complexity index is 1530. The molecule has 2 aromatic rings. The summed E-state index contributed by atoms with van der Waals surface area (Å²) >= 11 is 0. The third kappa shape index (κ3) is 44.0. The molecule has 0 heterocycles. The molecule has 0 atom stereocenters. The molecule has 78 heavy (non-hydrogen) atoms. The van der Waals surface area contributed by atoms with Crippen molar-refractivity contribution in [1.29, 1.82) is 0 Å². The Kier molecular flexibility index (Phi) is 51.3. The van der Waals surface area contributed by atoms with E-state index in [1.54, 1.807) is 6.07 Å². The first-order valence-corrected chi connectivity index (χ1v) is 35.0. The summed E-state index contributed by atoms with van der Waals surface area (Å²) in [7, 11) is 0. The van der Waals surface area contributed by atoms with Gasteiger partial charge in [0.05, 0.1) is 0 Å². The van der Waals surface area contributed by atoms with Gasteiger partial charge in [0.15, 0.2) is 11.5 Å². The first kappa shape index (κ1) is 71.3. The maximum atomic E-state index is 13.9. The quantitative estimate of drug-likeness (QED) is 0.0669. The number of hydrogen-bond acceptors (Lipinski definition) is 4. The highest BCUT2D eigenvalue weighted by molar-refractivity contribution is 5.93. The van der Waals surface area contributed by atoms with Crippen molar-refractivity contribution in [2.24, 2.45) is 5.73 Å². The molecule has 2 aromatic carbocycles. The minimum absolute atomic E-state index is 0.172. The molecule has 0 radical (unpaired) electrons. The molecule has 0 saturated carbocycles. The van der Waals surface area contributed by atoms with Gasteiger partial charge in [0.1, 0.15) is 0 Å².